The lowest BCUT2D eigenvalue weighted by Crippen LogP contribution is -2.51. The SMILES string of the molecule is CCC(C)(NC(=O)CCOC1CCNCC1)C(=O)O. The van der Waals surface area contributed by atoms with Crippen LogP contribution >= 0.6 is 0 Å². The number of nitrogens with one attached hydrogen (secondary N) is 2. The van der Waals surface area contributed by atoms with Gasteiger partial charge in [0.1, 0.15) is 5.54 Å². The maximum atomic E-state index is 11.7. The van der Waals surface area contributed by atoms with Crippen LogP contribution in [-0.4, -0.2) is 48.3 Å². The topological polar surface area (TPSA) is 87.7 Å². The number of carboxylic acids is 1. The van der Waals surface area contributed by atoms with E-state index in [-0.39, 0.29) is 18.4 Å². The zero-order chi connectivity index (χ0) is 14.3. The number of amides is 1. The molecule has 1 fully saturated rings. The van der Waals surface area contributed by atoms with Crippen molar-refractivity contribution in [2.24, 2.45) is 0 Å². The van der Waals surface area contributed by atoms with Crippen molar-refractivity contribution in [3.63, 3.8) is 0 Å². The summed E-state index contributed by atoms with van der Waals surface area (Å²) in [4.78, 5) is 22.8. The van der Waals surface area contributed by atoms with Crippen molar-refractivity contribution in [3.8, 4) is 0 Å². The predicted molar refractivity (Wildman–Crippen MR) is 70.9 cm³/mol. The molecule has 110 valence electrons. The molecular formula is C13H24N2O4. The van der Waals surface area contributed by atoms with E-state index < -0.39 is 11.5 Å². The summed E-state index contributed by atoms with van der Waals surface area (Å²) in [5.74, 6) is -1.29. The third-order valence-electron chi connectivity index (χ3n) is 3.56. The molecule has 1 atom stereocenters. The summed E-state index contributed by atoms with van der Waals surface area (Å²) in [6, 6.07) is 0. The Labute approximate surface area is 113 Å². The summed E-state index contributed by atoms with van der Waals surface area (Å²) in [6.07, 6.45) is 2.69. The molecule has 0 saturated carbocycles. The van der Waals surface area contributed by atoms with Crippen LogP contribution in [0, 0.1) is 0 Å². The minimum atomic E-state index is -1.19. The zero-order valence-corrected chi connectivity index (χ0v) is 11.7. The highest BCUT2D eigenvalue weighted by Crippen LogP contribution is 2.10. The molecule has 1 unspecified atom stereocenters. The van der Waals surface area contributed by atoms with Crippen LogP contribution in [0.15, 0.2) is 0 Å². The van der Waals surface area contributed by atoms with Crippen LogP contribution in [0.3, 0.4) is 0 Å². The second-order valence-electron chi connectivity index (χ2n) is 5.11. The smallest absolute Gasteiger partial charge is 0.329 e. The minimum absolute atomic E-state index is 0.201. The van der Waals surface area contributed by atoms with Gasteiger partial charge in [-0.25, -0.2) is 4.79 Å². The third-order valence-corrected chi connectivity index (χ3v) is 3.56. The molecule has 1 aliphatic heterocycles. The van der Waals surface area contributed by atoms with E-state index in [4.69, 9.17) is 9.84 Å². The van der Waals surface area contributed by atoms with E-state index in [9.17, 15) is 9.59 Å². The molecule has 0 aliphatic carbocycles. The number of aliphatic carboxylic acids is 1. The molecule has 1 heterocycles. The van der Waals surface area contributed by atoms with Gasteiger partial charge in [-0.05, 0) is 39.3 Å². The van der Waals surface area contributed by atoms with Crippen LogP contribution in [0.1, 0.15) is 39.5 Å². The lowest BCUT2D eigenvalue weighted by atomic mass is 9.99. The summed E-state index contributed by atoms with van der Waals surface area (Å²) < 4.78 is 5.61. The maximum absolute atomic E-state index is 11.7. The predicted octanol–water partition coefficient (Wildman–Crippen LogP) is 0.515. The Balaban J connectivity index is 2.25. The first kappa shape index (κ1) is 15.9. The molecule has 0 aromatic rings. The molecule has 1 rings (SSSR count). The first-order valence-corrected chi connectivity index (χ1v) is 6.84. The standard InChI is InChI=1S/C13H24N2O4/c1-3-13(2,12(17)18)15-11(16)6-9-19-10-4-7-14-8-5-10/h10,14H,3-9H2,1-2H3,(H,15,16)(H,17,18). The van der Waals surface area contributed by atoms with Crippen LogP contribution in [0.4, 0.5) is 0 Å². The lowest BCUT2D eigenvalue weighted by Gasteiger charge is -2.25. The Morgan fingerprint density at radius 3 is 2.58 bits per heavy atom. The average molecular weight is 272 g/mol. The summed E-state index contributed by atoms with van der Waals surface area (Å²) >= 11 is 0. The molecule has 1 amide bonds. The second kappa shape index (κ2) is 7.45. The van der Waals surface area contributed by atoms with Gasteiger partial charge in [-0.1, -0.05) is 6.92 Å². The van der Waals surface area contributed by atoms with Crippen molar-refractivity contribution in [2.75, 3.05) is 19.7 Å². The number of piperidine rings is 1. The van der Waals surface area contributed by atoms with Gasteiger partial charge in [0.2, 0.25) is 5.91 Å². The summed E-state index contributed by atoms with van der Waals surface area (Å²) in [5.41, 5.74) is -1.19. The number of hydrogen-bond donors (Lipinski definition) is 3. The number of ether oxygens (including phenoxy) is 1. The maximum Gasteiger partial charge on any atom is 0.329 e. The van der Waals surface area contributed by atoms with Gasteiger partial charge < -0.3 is 20.5 Å². The summed E-state index contributed by atoms with van der Waals surface area (Å²) in [5, 5.41) is 14.8. The van der Waals surface area contributed by atoms with Crippen molar-refractivity contribution < 1.29 is 19.4 Å². The Morgan fingerprint density at radius 2 is 2.05 bits per heavy atom. The van der Waals surface area contributed by atoms with Crippen LogP contribution < -0.4 is 10.6 Å². The van der Waals surface area contributed by atoms with Gasteiger partial charge in [0.25, 0.3) is 0 Å². The molecule has 19 heavy (non-hydrogen) atoms. The number of rotatable bonds is 7. The highest BCUT2D eigenvalue weighted by atomic mass is 16.5. The molecule has 0 spiro atoms. The second-order valence-corrected chi connectivity index (χ2v) is 5.11. The highest BCUT2D eigenvalue weighted by molar-refractivity contribution is 5.86. The quantitative estimate of drug-likeness (QED) is 0.628. The molecule has 1 aliphatic rings. The molecule has 3 N–H and O–H groups in total. The molecule has 6 heteroatoms. The van der Waals surface area contributed by atoms with Gasteiger partial charge in [-0.2, -0.15) is 0 Å². The van der Waals surface area contributed by atoms with Gasteiger partial charge in [-0.15, -0.1) is 0 Å². The lowest BCUT2D eigenvalue weighted by molar-refractivity contribution is -0.147. The van der Waals surface area contributed by atoms with Crippen LogP contribution in [0.2, 0.25) is 0 Å². The number of hydrogen-bond acceptors (Lipinski definition) is 4. The fourth-order valence-electron chi connectivity index (χ4n) is 1.94. The highest BCUT2D eigenvalue weighted by Gasteiger charge is 2.32. The van der Waals surface area contributed by atoms with Crippen molar-refractivity contribution in [1.82, 2.24) is 10.6 Å². The monoisotopic (exact) mass is 272 g/mol. The van der Waals surface area contributed by atoms with Gasteiger partial charge in [-0.3, -0.25) is 4.79 Å². The van der Waals surface area contributed by atoms with E-state index in [1.54, 1.807) is 6.92 Å². The van der Waals surface area contributed by atoms with Crippen molar-refractivity contribution in [2.45, 2.75) is 51.2 Å². The van der Waals surface area contributed by atoms with E-state index in [2.05, 4.69) is 10.6 Å². The van der Waals surface area contributed by atoms with E-state index in [1.807, 2.05) is 0 Å². The van der Waals surface area contributed by atoms with Gasteiger partial charge in [0.15, 0.2) is 0 Å². The Hall–Kier alpha value is -1.14. The number of carbonyl (C=O) groups excluding carboxylic acids is 1. The van der Waals surface area contributed by atoms with Gasteiger partial charge in [0, 0.05) is 6.42 Å². The first-order valence-electron chi connectivity index (χ1n) is 6.84. The average Bonchev–Trinajstić information content (AvgIpc) is 2.39. The fourth-order valence-corrected chi connectivity index (χ4v) is 1.94. The summed E-state index contributed by atoms with van der Waals surface area (Å²) in [6.45, 7) is 5.49. The molecule has 0 bridgehead atoms. The first-order chi connectivity index (χ1) is 8.98. The Bertz CT molecular complexity index is 316. The summed E-state index contributed by atoms with van der Waals surface area (Å²) in [7, 11) is 0. The van der Waals surface area contributed by atoms with E-state index in [0.717, 1.165) is 25.9 Å². The normalized spacial score (nSPS) is 19.7. The zero-order valence-electron chi connectivity index (χ0n) is 11.7. The van der Waals surface area contributed by atoms with E-state index in [0.29, 0.717) is 13.0 Å². The third kappa shape index (κ3) is 5.16. The molecule has 0 radical (unpaired) electrons. The fraction of sp³-hybridized carbons (Fsp3) is 0.846. The molecule has 6 nitrogen and oxygen atoms in total. The van der Waals surface area contributed by atoms with E-state index >= 15 is 0 Å². The molecular weight excluding hydrogens is 248 g/mol. The van der Waals surface area contributed by atoms with E-state index in [1.165, 1.54) is 6.92 Å². The minimum Gasteiger partial charge on any atom is -0.480 e. The Kier molecular flexibility index (Phi) is 6.24. The van der Waals surface area contributed by atoms with Crippen LogP contribution in [0.5, 0.6) is 0 Å². The molecule has 0 aromatic carbocycles. The molecule has 1 saturated heterocycles. The Morgan fingerprint density at radius 1 is 1.42 bits per heavy atom. The van der Waals surface area contributed by atoms with Crippen LogP contribution in [0.25, 0.3) is 0 Å². The largest absolute Gasteiger partial charge is 0.480 e. The van der Waals surface area contributed by atoms with Gasteiger partial charge >= 0.3 is 5.97 Å². The van der Waals surface area contributed by atoms with Crippen molar-refractivity contribution in [3.05, 3.63) is 0 Å². The number of carboxylic acid groups (broad SMARTS) is 1. The van der Waals surface area contributed by atoms with Crippen LogP contribution in [-0.2, 0) is 14.3 Å². The number of carbonyl (C=O) groups is 2. The van der Waals surface area contributed by atoms with Crippen molar-refractivity contribution >= 4 is 11.9 Å². The van der Waals surface area contributed by atoms with Gasteiger partial charge in [0.05, 0.1) is 12.7 Å². The van der Waals surface area contributed by atoms with Crippen molar-refractivity contribution in [1.29, 1.82) is 0 Å². The molecule has 0 aromatic heterocycles.